The van der Waals surface area contributed by atoms with Crippen molar-refractivity contribution in [1.82, 2.24) is 10.6 Å². The Balaban J connectivity index is 1.90. The van der Waals surface area contributed by atoms with E-state index in [4.69, 9.17) is 32.7 Å². The third-order valence-corrected chi connectivity index (χ3v) is 5.23. The molecule has 2 aromatic carbocycles. The molecule has 2 N–H and O–H groups in total. The van der Waals surface area contributed by atoms with Gasteiger partial charge in [0.2, 0.25) is 0 Å². The van der Waals surface area contributed by atoms with Crippen LogP contribution < -0.4 is 20.1 Å². The summed E-state index contributed by atoms with van der Waals surface area (Å²) in [5.41, 5.74) is 2.54. The number of hydrogen-bond donors (Lipinski definition) is 2. The van der Waals surface area contributed by atoms with E-state index in [2.05, 4.69) is 10.6 Å². The Morgan fingerprint density at radius 2 is 1.87 bits per heavy atom. The van der Waals surface area contributed by atoms with Gasteiger partial charge < -0.3 is 20.1 Å². The van der Waals surface area contributed by atoms with Crippen molar-refractivity contribution >= 4 is 35.0 Å². The third-order valence-electron chi connectivity index (χ3n) is 4.65. The van der Waals surface area contributed by atoms with Crippen molar-refractivity contribution in [3.05, 3.63) is 68.8 Å². The van der Waals surface area contributed by atoms with E-state index in [0.29, 0.717) is 39.4 Å². The Bertz CT molecular complexity index is 1020. The fourth-order valence-corrected chi connectivity index (χ4v) is 3.76. The van der Waals surface area contributed by atoms with Gasteiger partial charge in [-0.05, 0) is 50.6 Å². The summed E-state index contributed by atoms with van der Waals surface area (Å²) >= 11 is 12.2. The fourth-order valence-electron chi connectivity index (χ4n) is 3.30. The molecule has 1 atom stereocenters. The molecule has 0 saturated heterocycles. The lowest BCUT2D eigenvalue weighted by molar-refractivity contribution is -0.114. The van der Waals surface area contributed by atoms with Crippen molar-refractivity contribution in [2.45, 2.75) is 33.4 Å². The molecule has 0 unspecified atom stereocenters. The summed E-state index contributed by atoms with van der Waals surface area (Å²) in [5.74, 6) is 0.908. The van der Waals surface area contributed by atoms with Gasteiger partial charge in [0.05, 0.1) is 12.6 Å². The molecule has 0 saturated carbocycles. The summed E-state index contributed by atoms with van der Waals surface area (Å²) in [7, 11) is 0. The number of hydrogen-bond acceptors (Lipinski definition) is 4. The molecular weight excluding hydrogens is 427 g/mol. The number of halogens is 2. The first-order valence-corrected chi connectivity index (χ1v) is 10.2. The highest BCUT2D eigenvalue weighted by molar-refractivity contribution is 6.35. The molecule has 1 heterocycles. The number of urea groups is 1. The normalized spacial score (nSPS) is 16.0. The summed E-state index contributed by atoms with van der Waals surface area (Å²) < 4.78 is 11.7. The molecule has 0 spiro atoms. The number of amides is 2. The molecule has 1 aliphatic heterocycles. The van der Waals surface area contributed by atoms with Crippen LogP contribution in [-0.4, -0.2) is 18.4 Å². The van der Waals surface area contributed by atoms with Gasteiger partial charge in [-0.15, -0.1) is 0 Å². The Hall–Kier alpha value is -2.70. The summed E-state index contributed by atoms with van der Waals surface area (Å²) in [6.45, 7) is 5.71. The minimum absolute atomic E-state index is 0.124. The van der Waals surface area contributed by atoms with E-state index in [-0.39, 0.29) is 18.4 Å². The lowest BCUT2D eigenvalue weighted by Gasteiger charge is -2.28. The largest absolute Gasteiger partial charge is 0.490 e. The predicted molar refractivity (Wildman–Crippen MR) is 116 cm³/mol. The van der Waals surface area contributed by atoms with E-state index >= 15 is 0 Å². The minimum atomic E-state index is -0.574. The molecule has 158 valence electrons. The molecule has 30 heavy (non-hydrogen) atoms. The maximum absolute atomic E-state index is 12.2. The van der Waals surface area contributed by atoms with Gasteiger partial charge in [-0.2, -0.15) is 0 Å². The van der Waals surface area contributed by atoms with Crippen LogP contribution in [0.15, 0.2) is 47.7 Å². The van der Waals surface area contributed by atoms with Crippen molar-refractivity contribution in [1.29, 1.82) is 0 Å². The number of nitrogens with one attached hydrogen (secondary N) is 2. The van der Waals surface area contributed by atoms with Gasteiger partial charge >= 0.3 is 6.03 Å². The maximum atomic E-state index is 12.2. The number of carbonyl (C=O) groups is 2. The smallest absolute Gasteiger partial charge is 0.319 e. The maximum Gasteiger partial charge on any atom is 0.319 e. The van der Waals surface area contributed by atoms with Gasteiger partial charge in [-0.1, -0.05) is 35.3 Å². The quantitative estimate of drug-likeness (QED) is 0.610. The molecule has 8 heteroatoms. The second-order valence-electron chi connectivity index (χ2n) is 6.79. The first-order valence-electron chi connectivity index (χ1n) is 9.42. The molecule has 0 aliphatic carbocycles. The highest BCUT2D eigenvalue weighted by atomic mass is 35.5. The van der Waals surface area contributed by atoms with Crippen LogP contribution in [-0.2, 0) is 11.4 Å². The fraction of sp³-hybridized carbons (Fsp3) is 0.273. The average Bonchev–Trinajstić information content (AvgIpc) is 2.67. The van der Waals surface area contributed by atoms with Crippen molar-refractivity contribution in [3.8, 4) is 11.5 Å². The first kappa shape index (κ1) is 22.0. The molecule has 2 amide bonds. The zero-order chi connectivity index (χ0) is 21.8. The first-order chi connectivity index (χ1) is 14.3. The number of benzene rings is 2. The number of Topliss-reactive ketones (excluding diaryl/α,β-unsaturated/α-hetero) is 1. The van der Waals surface area contributed by atoms with E-state index in [1.807, 2.05) is 6.92 Å². The van der Waals surface area contributed by atoms with Crippen LogP contribution in [0.4, 0.5) is 4.79 Å². The topological polar surface area (TPSA) is 76.7 Å². The Kier molecular flexibility index (Phi) is 6.90. The Morgan fingerprint density at radius 3 is 2.53 bits per heavy atom. The van der Waals surface area contributed by atoms with Crippen LogP contribution in [0.1, 0.15) is 37.9 Å². The minimum Gasteiger partial charge on any atom is -0.490 e. The van der Waals surface area contributed by atoms with Gasteiger partial charge in [-0.25, -0.2) is 4.79 Å². The molecule has 3 rings (SSSR count). The number of carbonyl (C=O) groups excluding carboxylic acids is 2. The highest BCUT2D eigenvalue weighted by Gasteiger charge is 2.29. The van der Waals surface area contributed by atoms with E-state index in [1.54, 1.807) is 43.3 Å². The van der Waals surface area contributed by atoms with Gasteiger partial charge in [0.25, 0.3) is 0 Å². The van der Waals surface area contributed by atoms with Gasteiger partial charge in [0.15, 0.2) is 17.3 Å². The Labute approximate surface area is 185 Å². The monoisotopic (exact) mass is 448 g/mol. The van der Waals surface area contributed by atoms with Gasteiger partial charge in [0, 0.05) is 26.9 Å². The Morgan fingerprint density at radius 1 is 1.10 bits per heavy atom. The summed E-state index contributed by atoms with van der Waals surface area (Å²) in [6, 6.07) is 9.60. The standard InChI is InChI=1S/C22H22Cl2N2O4/c1-4-29-19-9-14(21-20(13(3)27)12(2)25-22(28)26-21)6-8-18(19)30-11-15-5-7-16(23)10-17(15)24/h5-10,21H,4,11H2,1-3H3,(H2,25,26,28)/t21-/m1/s1. The van der Waals surface area contributed by atoms with Gasteiger partial charge in [-0.3, -0.25) is 4.79 Å². The molecule has 1 aliphatic rings. The second-order valence-corrected chi connectivity index (χ2v) is 7.63. The van der Waals surface area contributed by atoms with Crippen LogP contribution in [0.2, 0.25) is 10.0 Å². The van der Waals surface area contributed by atoms with Crippen LogP contribution in [0.5, 0.6) is 11.5 Å². The van der Waals surface area contributed by atoms with Crippen molar-refractivity contribution in [3.63, 3.8) is 0 Å². The number of ketones is 1. The van der Waals surface area contributed by atoms with E-state index in [9.17, 15) is 9.59 Å². The van der Waals surface area contributed by atoms with Crippen LogP contribution in [0.25, 0.3) is 0 Å². The number of allylic oxidation sites excluding steroid dienone is 1. The molecule has 0 aromatic heterocycles. The number of ether oxygens (including phenoxy) is 2. The van der Waals surface area contributed by atoms with Crippen molar-refractivity contribution < 1.29 is 19.1 Å². The van der Waals surface area contributed by atoms with E-state index in [0.717, 1.165) is 11.1 Å². The summed E-state index contributed by atoms with van der Waals surface area (Å²) in [6.07, 6.45) is 0. The molecule has 0 bridgehead atoms. The van der Waals surface area contributed by atoms with E-state index in [1.165, 1.54) is 6.92 Å². The summed E-state index contributed by atoms with van der Waals surface area (Å²) in [4.78, 5) is 24.1. The van der Waals surface area contributed by atoms with Crippen molar-refractivity contribution in [2.75, 3.05) is 6.61 Å². The molecule has 2 aromatic rings. The van der Waals surface area contributed by atoms with Crippen LogP contribution in [0.3, 0.4) is 0 Å². The van der Waals surface area contributed by atoms with Gasteiger partial charge in [0.1, 0.15) is 6.61 Å². The van der Waals surface area contributed by atoms with Crippen LogP contribution >= 0.6 is 23.2 Å². The second kappa shape index (κ2) is 9.41. The zero-order valence-electron chi connectivity index (χ0n) is 16.8. The van der Waals surface area contributed by atoms with Crippen LogP contribution in [0, 0.1) is 0 Å². The third kappa shape index (κ3) is 4.89. The molecule has 0 radical (unpaired) electrons. The van der Waals surface area contributed by atoms with E-state index < -0.39 is 6.04 Å². The SMILES string of the molecule is CCOc1cc([C@H]2NC(=O)NC(C)=C2C(C)=O)ccc1OCc1ccc(Cl)cc1Cl. The highest BCUT2D eigenvalue weighted by Crippen LogP contribution is 2.35. The average molecular weight is 449 g/mol. The summed E-state index contributed by atoms with van der Waals surface area (Å²) in [5, 5.41) is 6.51. The lowest BCUT2D eigenvalue weighted by atomic mass is 9.93. The molecular formula is C22H22Cl2N2O4. The predicted octanol–water partition coefficient (Wildman–Crippen LogP) is 5.19. The number of rotatable bonds is 7. The van der Waals surface area contributed by atoms with Crippen molar-refractivity contribution in [2.24, 2.45) is 0 Å². The lowest BCUT2D eigenvalue weighted by Crippen LogP contribution is -2.44. The molecule has 0 fully saturated rings. The zero-order valence-corrected chi connectivity index (χ0v) is 18.4. The molecule has 6 nitrogen and oxygen atoms in total.